The molecule has 0 aliphatic carbocycles. The molecule has 2 aromatic carbocycles. The van der Waals surface area contributed by atoms with Gasteiger partial charge in [-0.3, -0.25) is 25.0 Å². The fourth-order valence-electron chi connectivity index (χ4n) is 2.00. The van der Waals surface area contributed by atoms with Crippen molar-refractivity contribution in [1.29, 1.82) is 0 Å². The van der Waals surface area contributed by atoms with Crippen LogP contribution in [0.2, 0.25) is 0 Å². The van der Waals surface area contributed by atoms with Gasteiger partial charge in [0, 0.05) is 17.3 Å². The summed E-state index contributed by atoms with van der Waals surface area (Å²) in [4.78, 5) is 32.2. The van der Waals surface area contributed by atoms with E-state index < -0.39 is 21.4 Å². The number of nitrogens with one attached hydrogen (secondary N) is 1. The standard InChI is InChI=1S/C15H13N3O5/c1-10-2-5-12(6-3-10)16-15(19)8-11-4-7-13(17(20)21)9-14(11)18(22)23/h2-7,9H,8H2,1H3,(H,16,19). The van der Waals surface area contributed by atoms with Crippen molar-refractivity contribution < 1.29 is 14.6 Å². The van der Waals surface area contributed by atoms with E-state index in [-0.39, 0.29) is 17.7 Å². The van der Waals surface area contributed by atoms with Crippen molar-refractivity contribution in [2.45, 2.75) is 13.3 Å². The molecule has 0 bridgehead atoms. The van der Waals surface area contributed by atoms with Gasteiger partial charge in [0.2, 0.25) is 5.91 Å². The van der Waals surface area contributed by atoms with Gasteiger partial charge in [0.1, 0.15) is 0 Å². The lowest BCUT2D eigenvalue weighted by molar-refractivity contribution is -0.394. The molecule has 118 valence electrons. The molecule has 0 heterocycles. The molecule has 0 unspecified atom stereocenters. The molecule has 0 radical (unpaired) electrons. The van der Waals surface area contributed by atoms with Crippen molar-refractivity contribution in [3.8, 4) is 0 Å². The maximum absolute atomic E-state index is 12.0. The molecule has 1 amide bonds. The van der Waals surface area contributed by atoms with Gasteiger partial charge in [0.15, 0.2) is 0 Å². The molecule has 0 saturated heterocycles. The van der Waals surface area contributed by atoms with E-state index in [2.05, 4.69) is 5.32 Å². The number of benzene rings is 2. The molecule has 0 atom stereocenters. The van der Waals surface area contributed by atoms with Crippen molar-refractivity contribution in [3.05, 3.63) is 73.8 Å². The Balaban J connectivity index is 2.18. The van der Waals surface area contributed by atoms with E-state index in [4.69, 9.17) is 0 Å². The molecule has 2 aromatic rings. The summed E-state index contributed by atoms with van der Waals surface area (Å²) in [5.74, 6) is -0.439. The van der Waals surface area contributed by atoms with Crippen LogP contribution in [0, 0.1) is 27.2 Å². The first kappa shape index (κ1) is 16.1. The average Bonchev–Trinajstić information content (AvgIpc) is 2.49. The molecule has 23 heavy (non-hydrogen) atoms. The number of aryl methyl sites for hydroxylation is 1. The van der Waals surface area contributed by atoms with E-state index in [0.717, 1.165) is 17.7 Å². The maximum atomic E-state index is 12.0. The lowest BCUT2D eigenvalue weighted by atomic mass is 10.1. The quantitative estimate of drug-likeness (QED) is 0.672. The largest absolute Gasteiger partial charge is 0.326 e. The van der Waals surface area contributed by atoms with Crippen LogP contribution in [0.5, 0.6) is 0 Å². The summed E-state index contributed by atoms with van der Waals surface area (Å²) >= 11 is 0. The van der Waals surface area contributed by atoms with E-state index in [9.17, 15) is 25.0 Å². The van der Waals surface area contributed by atoms with Crippen LogP contribution in [-0.2, 0) is 11.2 Å². The summed E-state index contributed by atoms with van der Waals surface area (Å²) in [6, 6.07) is 10.3. The van der Waals surface area contributed by atoms with Crippen molar-refractivity contribution in [1.82, 2.24) is 0 Å². The van der Waals surface area contributed by atoms with E-state index in [0.29, 0.717) is 5.69 Å². The topological polar surface area (TPSA) is 115 Å². The Labute approximate surface area is 131 Å². The third kappa shape index (κ3) is 4.10. The Bertz CT molecular complexity index is 771. The number of hydrogen-bond acceptors (Lipinski definition) is 5. The monoisotopic (exact) mass is 315 g/mol. The van der Waals surface area contributed by atoms with E-state index >= 15 is 0 Å². The van der Waals surface area contributed by atoms with Crippen LogP contribution < -0.4 is 5.32 Å². The zero-order valence-electron chi connectivity index (χ0n) is 12.2. The number of carbonyl (C=O) groups is 1. The minimum Gasteiger partial charge on any atom is -0.326 e. The van der Waals surface area contributed by atoms with Crippen LogP contribution in [0.25, 0.3) is 0 Å². The second-order valence-electron chi connectivity index (χ2n) is 4.92. The van der Waals surface area contributed by atoms with Gasteiger partial charge in [-0.1, -0.05) is 17.7 Å². The van der Waals surface area contributed by atoms with Gasteiger partial charge in [-0.2, -0.15) is 0 Å². The number of anilines is 1. The van der Waals surface area contributed by atoms with Crippen LogP contribution in [0.3, 0.4) is 0 Å². The molecule has 2 rings (SSSR count). The van der Waals surface area contributed by atoms with Gasteiger partial charge in [-0.15, -0.1) is 0 Å². The number of nitrogens with zero attached hydrogens (tertiary/aromatic N) is 2. The van der Waals surface area contributed by atoms with Crippen molar-refractivity contribution in [2.75, 3.05) is 5.32 Å². The molecule has 1 N–H and O–H groups in total. The average molecular weight is 315 g/mol. The summed E-state index contributed by atoms with van der Waals surface area (Å²) in [6.45, 7) is 1.91. The summed E-state index contributed by atoms with van der Waals surface area (Å²) in [5, 5.41) is 24.3. The minimum atomic E-state index is -0.735. The van der Waals surface area contributed by atoms with Gasteiger partial charge in [-0.05, 0) is 25.1 Å². The lowest BCUT2D eigenvalue weighted by Gasteiger charge is -2.06. The van der Waals surface area contributed by atoms with Crippen molar-refractivity contribution in [3.63, 3.8) is 0 Å². The predicted octanol–water partition coefficient (Wildman–Crippen LogP) is 2.99. The Morgan fingerprint density at radius 3 is 2.26 bits per heavy atom. The highest BCUT2D eigenvalue weighted by molar-refractivity contribution is 5.92. The number of hydrogen-bond donors (Lipinski definition) is 1. The third-order valence-electron chi connectivity index (χ3n) is 3.16. The molecule has 0 fully saturated rings. The number of nitro benzene ring substituents is 2. The lowest BCUT2D eigenvalue weighted by Crippen LogP contribution is -2.15. The first-order chi connectivity index (χ1) is 10.9. The molecular formula is C15H13N3O5. The van der Waals surface area contributed by atoms with E-state index in [1.54, 1.807) is 12.1 Å². The first-order valence-electron chi connectivity index (χ1n) is 6.65. The molecule has 8 heteroatoms. The van der Waals surface area contributed by atoms with Crippen LogP contribution in [0.1, 0.15) is 11.1 Å². The third-order valence-corrected chi connectivity index (χ3v) is 3.16. The molecule has 0 saturated carbocycles. The van der Waals surface area contributed by atoms with Crippen LogP contribution in [0.4, 0.5) is 17.1 Å². The Kier molecular flexibility index (Phi) is 4.65. The highest BCUT2D eigenvalue weighted by Crippen LogP contribution is 2.25. The minimum absolute atomic E-state index is 0.116. The number of carbonyl (C=O) groups excluding carboxylic acids is 1. The molecule has 0 aliphatic heterocycles. The number of nitro groups is 2. The fraction of sp³-hybridized carbons (Fsp3) is 0.133. The molecular weight excluding hydrogens is 302 g/mol. The van der Waals surface area contributed by atoms with E-state index in [1.807, 2.05) is 19.1 Å². The Morgan fingerprint density at radius 2 is 1.70 bits per heavy atom. The van der Waals surface area contributed by atoms with Crippen molar-refractivity contribution in [2.24, 2.45) is 0 Å². The second-order valence-corrected chi connectivity index (χ2v) is 4.92. The molecule has 0 spiro atoms. The highest BCUT2D eigenvalue weighted by atomic mass is 16.6. The highest BCUT2D eigenvalue weighted by Gasteiger charge is 2.21. The maximum Gasteiger partial charge on any atom is 0.279 e. The number of amides is 1. The Hall–Kier alpha value is -3.29. The normalized spacial score (nSPS) is 10.1. The fourth-order valence-corrected chi connectivity index (χ4v) is 2.00. The first-order valence-corrected chi connectivity index (χ1v) is 6.65. The van der Waals surface area contributed by atoms with Gasteiger partial charge in [0.05, 0.1) is 22.3 Å². The summed E-state index contributed by atoms with van der Waals surface area (Å²) in [5.41, 5.74) is 0.891. The number of non-ortho nitro benzene ring substituents is 1. The van der Waals surface area contributed by atoms with Gasteiger partial charge >= 0.3 is 0 Å². The van der Waals surface area contributed by atoms with Gasteiger partial charge < -0.3 is 5.32 Å². The number of rotatable bonds is 5. The predicted molar refractivity (Wildman–Crippen MR) is 83.3 cm³/mol. The van der Waals surface area contributed by atoms with Crippen LogP contribution in [0.15, 0.2) is 42.5 Å². The summed E-state index contributed by atoms with van der Waals surface area (Å²) in [7, 11) is 0. The van der Waals surface area contributed by atoms with E-state index in [1.165, 1.54) is 6.07 Å². The molecule has 0 aromatic heterocycles. The zero-order valence-corrected chi connectivity index (χ0v) is 12.2. The van der Waals surface area contributed by atoms with Crippen LogP contribution >= 0.6 is 0 Å². The zero-order chi connectivity index (χ0) is 17.0. The van der Waals surface area contributed by atoms with Gasteiger partial charge in [0.25, 0.3) is 11.4 Å². The van der Waals surface area contributed by atoms with Crippen molar-refractivity contribution >= 4 is 23.0 Å². The van der Waals surface area contributed by atoms with Crippen LogP contribution in [-0.4, -0.2) is 15.8 Å². The second kappa shape index (κ2) is 6.65. The summed E-state index contributed by atoms with van der Waals surface area (Å²) in [6.07, 6.45) is -0.248. The smallest absolute Gasteiger partial charge is 0.279 e. The molecule has 8 nitrogen and oxygen atoms in total. The SMILES string of the molecule is Cc1ccc(NC(=O)Cc2ccc([N+](=O)[O-])cc2[N+](=O)[O-])cc1. The van der Waals surface area contributed by atoms with Gasteiger partial charge in [-0.25, -0.2) is 0 Å². The molecule has 0 aliphatic rings. The summed E-state index contributed by atoms with van der Waals surface area (Å²) < 4.78 is 0. The Morgan fingerprint density at radius 1 is 1.04 bits per heavy atom.